The third kappa shape index (κ3) is 3.62. The molecule has 0 aliphatic heterocycles. The molecule has 2 N–H and O–H groups in total. The molecule has 4 heterocycles. The second-order valence-corrected chi connectivity index (χ2v) is 7.50. The van der Waals surface area contributed by atoms with Crippen molar-refractivity contribution < 1.29 is 22.1 Å². The standard InChI is InChI=1S/C22H15F4N7O/c1-11(18-7-16(32-34-18)13-4-2-3-5-15(13)23)17-6-14(19-20(27)30-10-31-33(17)19)12-8-28-21(29-9-12)22(24,25)26/h2-11H,1H3,(H2,27,30,31). The molecule has 0 bridgehead atoms. The molecule has 5 rings (SSSR count). The van der Waals surface area contributed by atoms with Crippen LogP contribution in [0, 0.1) is 5.82 Å². The van der Waals surface area contributed by atoms with E-state index in [1.54, 1.807) is 30.3 Å². The second-order valence-electron chi connectivity index (χ2n) is 7.50. The number of nitrogens with two attached hydrogens (primary N) is 1. The number of hydrogen-bond acceptors (Lipinski definition) is 7. The van der Waals surface area contributed by atoms with Gasteiger partial charge in [-0.15, -0.1) is 0 Å². The van der Waals surface area contributed by atoms with E-state index in [-0.39, 0.29) is 5.82 Å². The van der Waals surface area contributed by atoms with Crippen molar-refractivity contribution in [3.05, 3.63) is 78.2 Å². The van der Waals surface area contributed by atoms with Gasteiger partial charge in [0.2, 0.25) is 5.82 Å². The van der Waals surface area contributed by atoms with Gasteiger partial charge in [0, 0.05) is 35.2 Å². The van der Waals surface area contributed by atoms with Gasteiger partial charge in [0.1, 0.15) is 29.1 Å². The summed E-state index contributed by atoms with van der Waals surface area (Å²) in [6.07, 6.45) is -1.27. The molecule has 8 nitrogen and oxygen atoms in total. The normalized spacial score (nSPS) is 12.9. The van der Waals surface area contributed by atoms with Gasteiger partial charge in [-0.25, -0.2) is 23.9 Å². The molecule has 34 heavy (non-hydrogen) atoms. The van der Waals surface area contributed by atoms with E-state index >= 15 is 0 Å². The Hall–Kier alpha value is -4.35. The first-order chi connectivity index (χ1) is 16.2. The Morgan fingerprint density at radius 2 is 1.76 bits per heavy atom. The largest absolute Gasteiger partial charge is 0.451 e. The second kappa shape index (κ2) is 7.90. The molecule has 1 atom stereocenters. The molecule has 0 spiro atoms. The van der Waals surface area contributed by atoms with Crippen molar-refractivity contribution in [1.29, 1.82) is 0 Å². The summed E-state index contributed by atoms with van der Waals surface area (Å²) in [7, 11) is 0. The van der Waals surface area contributed by atoms with E-state index in [1.807, 2.05) is 6.92 Å². The summed E-state index contributed by atoms with van der Waals surface area (Å²) in [6.45, 7) is 1.82. The Bertz CT molecular complexity index is 1490. The first kappa shape index (κ1) is 21.5. The lowest BCUT2D eigenvalue weighted by molar-refractivity contribution is -0.144. The zero-order chi connectivity index (χ0) is 24.0. The van der Waals surface area contributed by atoms with Crippen molar-refractivity contribution in [2.75, 3.05) is 5.73 Å². The first-order valence-electron chi connectivity index (χ1n) is 9.97. The van der Waals surface area contributed by atoms with Gasteiger partial charge in [0.25, 0.3) is 0 Å². The van der Waals surface area contributed by atoms with Crippen molar-refractivity contribution in [1.82, 2.24) is 29.7 Å². The summed E-state index contributed by atoms with van der Waals surface area (Å²) in [5, 5.41) is 8.23. The molecule has 4 aromatic heterocycles. The minimum Gasteiger partial charge on any atom is -0.382 e. The number of nitrogens with zero attached hydrogens (tertiary/aromatic N) is 6. The van der Waals surface area contributed by atoms with E-state index < -0.39 is 23.7 Å². The van der Waals surface area contributed by atoms with Crippen molar-refractivity contribution in [3.8, 4) is 22.4 Å². The Morgan fingerprint density at radius 1 is 1.03 bits per heavy atom. The number of benzene rings is 1. The van der Waals surface area contributed by atoms with Gasteiger partial charge in [0.15, 0.2) is 5.82 Å². The molecule has 0 radical (unpaired) electrons. The van der Waals surface area contributed by atoms with Gasteiger partial charge in [-0.1, -0.05) is 17.3 Å². The molecule has 0 fully saturated rings. The van der Waals surface area contributed by atoms with Gasteiger partial charge in [-0.2, -0.15) is 18.3 Å². The quantitative estimate of drug-likeness (QED) is 0.379. The lowest BCUT2D eigenvalue weighted by Crippen LogP contribution is -2.10. The number of hydrogen-bond donors (Lipinski definition) is 1. The van der Waals surface area contributed by atoms with Crippen molar-refractivity contribution in [3.63, 3.8) is 0 Å². The predicted octanol–water partition coefficient (Wildman–Crippen LogP) is 4.73. The van der Waals surface area contributed by atoms with Gasteiger partial charge < -0.3 is 10.3 Å². The number of nitrogen functional groups attached to an aromatic ring is 1. The Morgan fingerprint density at radius 3 is 2.47 bits per heavy atom. The van der Waals surface area contributed by atoms with E-state index in [4.69, 9.17) is 10.3 Å². The van der Waals surface area contributed by atoms with Crippen molar-refractivity contribution in [2.24, 2.45) is 0 Å². The van der Waals surface area contributed by atoms with Crippen LogP contribution in [0.15, 0.2) is 59.6 Å². The summed E-state index contributed by atoms with van der Waals surface area (Å²) >= 11 is 0. The van der Waals surface area contributed by atoms with E-state index in [9.17, 15) is 17.6 Å². The smallest absolute Gasteiger partial charge is 0.382 e. The van der Waals surface area contributed by atoms with Crippen LogP contribution in [0.25, 0.3) is 27.9 Å². The maximum Gasteiger partial charge on any atom is 0.451 e. The molecule has 5 aromatic rings. The minimum absolute atomic E-state index is 0.118. The zero-order valence-corrected chi connectivity index (χ0v) is 17.5. The van der Waals surface area contributed by atoms with Crippen LogP contribution in [0.5, 0.6) is 0 Å². The fraction of sp³-hybridized carbons (Fsp3) is 0.136. The molecule has 1 aromatic carbocycles. The van der Waals surface area contributed by atoms with Crippen LogP contribution in [-0.4, -0.2) is 29.7 Å². The molecule has 0 aliphatic carbocycles. The summed E-state index contributed by atoms with van der Waals surface area (Å²) < 4.78 is 59.8. The highest BCUT2D eigenvalue weighted by Crippen LogP contribution is 2.36. The van der Waals surface area contributed by atoms with Crippen LogP contribution in [0.4, 0.5) is 23.4 Å². The SMILES string of the molecule is CC(c1cc(-c2ccccc2F)no1)c1cc(-c2cnc(C(F)(F)F)nc2)c2c(N)ncnn12. The molecular weight excluding hydrogens is 454 g/mol. The third-order valence-electron chi connectivity index (χ3n) is 5.38. The van der Waals surface area contributed by atoms with E-state index in [0.29, 0.717) is 39.4 Å². The maximum absolute atomic E-state index is 14.2. The van der Waals surface area contributed by atoms with Gasteiger partial charge >= 0.3 is 6.18 Å². The molecule has 0 saturated carbocycles. The molecule has 0 aliphatic rings. The Labute approximate surface area is 189 Å². The number of rotatable bonds is 4. The van der Waals surface area contributed by atoms with Crippen molar-refractivity contribution >= 4 is 11.3 Å². The number of anilines is 1. The van der Waals surface area contributed by atoms with Crippen LogP contribution in [0.3, 0.4) is 0 Å². The monoisotopic (exact) mass is 469 g/mol. The van der Waals surface area contributed by atoms with Crippen molar-refractivity contribution in [2.45, 2.75) is 19.0 Å². The van der Waals surface area contributed by atoms with Gasteiger partial charge in [-0.3, -0.25) is 0 Å². The molecule has 0 saturated heterocycles. The lowest BCUT2D eigenvalue weighted by Gasteiger charge is -2.07. The number of fused-ring (bicyclic) bond motifs is 1. The molecule has 172 valence electrons. The first-order valence-corrected chi connectivity index (χ1v) is 9.97. The molecular formula is C22H15F4N7O. The van der Waals surface area contributed by atoms with Crippen LogP contribution >= 0.6 is 0 Å². The van der Waals surface area contributed by atoms with E-state index in [0.717, 1.165) is 12.4 Å². The summed E-state index contributed by atoms with van der Waals surface area (Å²) in [5.41, 5.74) is 8.41. The number of aromatic nitrogens is 6. The third-order valence-corrected chi connectivity index (χ3v) is 5.38. The summed E-state index contributed by atoms with van der Waals surface area (Å²) in [6, 6.07) is 9.49. The number of halogens is 4. The Kier molecular flexibility index (Phi) is 5.00. The molecule has 12 heteroatoms. The summed E-state index contributed by atoms with van der Waals surface area (Å²) in [5.74, 6) is -1.58. The Balaban J connectivity index is 1.59. The minimum atomic E-state index is -4.66. The van der Waals surface area contributed by atoms with E-state index in [2.05, 4.69) is 25.2 Å². The number of alkyl halides is 3. The average Bonchev–Trinajstić information content (AvgIpc) is 3.45. The van der Waals surface area contributed by atoms with Crippen LogP contribution in [0.1, 0.15) is 30.1 Å². The van der Waals surface area contributed by atoms with Crippen LogP contribution < -0.4 is 5.73 Å². The van der Waals surface area contributed by atoms with Gasteiger partial charge in [-0.05, 0) is 25.1 Å². The highest BCUT2D eigenvalue weighted by atomic mass is 19.4. The predicted molar refractivity (Wildman–Crippen MR) is 113 cm³/mol. The topological polar surface area (TPSA) is 108 Å². The molecule has 1 unspecified atom stereocenters. The average molecular weight is 469 g/mol. The van der Waals surface area contributed by atoms with E-state index in [1.165, 1.54) is 16.9 Å². The zero-order valence-electron chi connectivity index (χ0n) is 17.5. The highest BCUT2D eigenvalue weighted by Gasteiger charge is 2.34. The fourth-order valence-corrected chi connectivity index (χ4v) is 3.67. The summed E-state index contributed by atoms with van der Waals surface area (Å²) in [4.78, 5) is 10.9. The fourth-order valence-electron chi connectivity index (χ4n) is 3.67. The molecule has 0 amide bonds. The maximum atomic E-state index is 14.2. The highest BCUT2D eigenvalue weighted by molar-refractivity contribution is 5.88. The van der Waals surface area contributed by atoms with Crippen LogP contribution in [0.2, 0.25) is 0 Å². The van der Waals surface area contributed by atoms with Gasteiger partial charge in [0.05, 0.1) is 11.6 Å². The van der Waals surface area contributed by atoms with Crippen LogP contribution in [-0.2, 0) is 6.18 Å². The lowest BCUT2D eigenvalue weighted by atomic mass is 10.0.